The third-order valence-corrected chi connectivity index (χ3v) is 5.47. The highest BCUT2D eigenvalue weighted by Crippen LogP contribution is 2.34. The van der Waals surface area contributed by atoms with Crippen molar-refractivity contribution in [3.63, 3.8) is 0 Å². The standard InChI is InChI=1S/C20H20F3N3O3S/c1-13(19(27)25-12-11-24)26-18(20(21,22)23)16-5-3-14(4-6-16)15-7-9-17(10-8-15)30(2,28)29/h3-10,13,18,26H,12H2,1-2H3,(H,25,27)/t13?,18-/m0/s1. The van der Waals surface area contributed by atoms with E-state index in [2.05, 4.69) is 10.6 Å². The summed E-state index contributed by atoms with van der Waals surface area (Å²) in [5, 5.41) is 12.9. The molecule has 0 saturated carbocycles. The molecular formula is C20H20F3N3O3S. The Labute approximate surface area is 172 Å². The fourth-order valence-corrected chi connectivity index (χ4v) is 3.38. The fraction of sp³-hybridized carbons (Fsp3) is 0.300. The van der Waals surface area contributed by atoms with E-state index in [-0.39, 0.29) is 17.0 Å². The lowest BCUT2D eigenvalue weighted by atomic mass is 10.00. The van der Waals surface area contributed by atoms with Crippen LogP contribution in [0.5, 0.6) is 0 Å². The van der Waals surface area contributed by atoms with Crippen LogP contribution in [0.1, 0.15) is 18.5 Å². The van der Waals surface area contributed by atoms with Gasteiger partial charge in [-0.2, -0.15) is 18.4 Å². The number of carbonyl (C=O) groups is 1. The molecule has 0 bridgehead atoms. The van der Waals surface area contributed by atoms with Crippen molar-refractivity contribution in [3.05, 3.63) is 54.1 Å². The molecule has 0 heterocycles. The summed E-state index contributed by atoms with van der Waals surface area (Å²) in [5.41, 5.74) is 1.17. The minimum absolute atomic E-state index is 0.0843. The van der Waals surface area contributed by atoms with E-state index in [1.807, 2.05) is 0 Å². The molecule has 0 aliphatic carbocycles. The van der Waals surface area contributed by atoms with Crippen LogP contribution in [-0.4, -0.2) is 39.3 Å². The summed E-state index contributed by atoms with van der Waals surface area (Å²) >= 11 is 0. The van der Waals surface area contributed by atoms with E-state index in [9.17, 15) is 26.4 Å². The highest BCUT2D eigenvalue weighted by Gasteiger charge is 2.42. The van der Waals surface area contributed by atoms with Gasteiger partial charge in [0.2, 0.25) is 5.91 Å². The molecule has 2 aromatic rings. The molecule has 2 atom stereocenters. The second-order valence-electron chi connectivity index (χ2n) is 6.66. The highest BCUT2D eigenvalue weighted by atomic mass is 32.2. The van der Waals surface area contributed by atoms with Crippen molar-refractivity contribution in [1.29, 1.82) is 5.26 Å². The average Bonchev–Trinajstić information content (AvgIpc) is 2.68. The van der Waals surface area contributed by atoms with Gasteiger partial charge < -0.3 is 5.32 Å². The lowest BCUT2D eigenvalue weighted by Gasteiger charge is -2.25. The predicted octanol–water partition coefficient (Wildman–Crippen LogP) is 2.98. The van der Waals surface area contributed by atoms with Gasteiger partial charge in [0.05, 0.1) is 17.0 Å². The highest BCUT2D eigenvalue weighted by molar-refractivity contribution is 7.90. The van der Waals surface area contributed by atoms with Gasteiger partial charge in [-0.25, -0.2) is 8.42 Å². The first-order chi connectivity index (χ1) is 13.9. The smallest absolute Gasteiger partial charge is 0.342 e. The first kappa shape index (κ1) is 23.4. The first-order valence-corrected chi connectivity index (χ1v) is 10.7. The minimum atomic E-state index is -4.65. The van der Waals surface area contributed by atoms with Crippen LogP contribution in [0.3, 0.4) is 0 Å². The van der Waals surface area contributed by atoms with Gasteiger partial charge in [0.25, 0.3) is 0 Å². The van der Waals surface area contributed by atoms with E-state index >= 15 is 0 Å². The van der Waals surface area contributed by atoms with Crippen LogP contribution in [0.4, 0.5) is 13.2 Å². The molecule has 10 heteroatoms. The van der Waals surface area contributed by atoms with Gasteiger partial charge in [-0.05, 0) is 35.7 Å². The quantitative estimate of drug-likeness (QED) is 0.647. The van der Waals surface area contributed by atoms with Crippen LogP contribution < -0.4 is 10.6 Å². The molecule has 30 heavy (non-hydrogen) atoms. The maximum Gasteiger partial charge on any atom is 0.407 e. The largest absolute Gasteiger partial charge is 0.407 e. The number of hydrogen-bond donors (Lipinski definition) is 2. The molecule has 2 N–H and O–H groups in total. The van der Waals surface area contributed by atoms with Crippen LogP contribution in [0.25, 0.3) is 11.1 Å². The molecule has 0 saturated heterocycles. The summed E-state index contributed by atoms with van der Waals surface area (Å²) in [6.45, 7) is 0.984. The molecule has 1 amide bonds. The SMILES string of the molecule is CC(N[C@@H](c1ccc(-c2ccc(S(C)(=O)=O)cc2)cc1)C(F)(F)F)C(=O)NCC#N. The number of hydrogen-bond acceptors (Lipinski definition) is 5. The second kappa shape index (κ2) is 9.28. The van der Waals surface area contributed by atoms with Crippen LogP contribution in [0.15, 0.2) is 53.4 Å². The monoisotopic (exact) mass is 439 g/mol. The van der Waals surface area contributed by atoms with Gasteiger partial charge in [-0.15, -0.1) is 0 Å². The lowest BCUT2D eigenvalue weighted by molar-refractivity contribution is -0.160. The number of nitriles is 1. The topological polar surface area (TPSA) is 99.1 Å². The Kier molecular flexibility index (Phi) is 7.23. The fourth-order valence-electron chi connectivity index (χ4n) is 2.75. The predicted molar refractivity (Wildman–Crippen MR) is 105 cm³/mol. The Bertz CT molecular complexity index is 1030. The van der Waals surface area contributed by atoms with E-state index in [0.717, 1.165) is 6.26 Å². The van der Waals surface area contributed by atoms with Crippen molar-refractivity contribution in [2.45, 2.75) is 30.1 Å². The zero-order chi connectivity index (χ0) is 22.5. The third-order valence-electron chi connectivity index (χ3n) is 4.34. The summed E-state index contributed by atoms with van der Waals surface area (Å²) in [6, 6.07) is 10.0. The number of nitrogens with zero attached hydrogens (tertiary/aromatic N) is 1. The molecule has 2 rings (SSSR count). The number of rotatable bonds is 7. The molecule has 0 fully saturated rings. The number of alkyl halides is 3. The number of halogens is 3. The van der Waals surface area contributed by atoms with E-state index in [1.165, 1.54) is 43.3 Å². The van der Waals surface area contributed by atoms with E-state index in [1.54, 1.807) is 18.2 Å². The number of benzene rings is 2. The Morgan fingerprint density at radius 3 is 2.00 bits per heavy atom. The van der Waals surface area contributed by atoms with Gasteiger partial charge in [-0.3, -0.25) is 10.1 Å². The van der Waals surface area contributed by atoms with E-state index in [0.29, 0.717) is 11.1 Å². The number of nitrogens with one attached hydrogen (secondary N) is 2. The number of amides is 1. The van der Waals surface area contributed by atoms with Crippen LogP contribution in [0.2, 0.25) is 0 Å². The minimum Gasteiger partial charge on any atom is -0.342 e. The number of sulfone groups is 1. The van der Waals surface area contributed by atoms with Gasteiger partial charge >= 0.3 is 6.18 Å². The zero-order valence-corrected chi connectivity index (χ0v) is 17.0. The van der Waals surface area contributed by atoms with Crippen LogP contribution >= 0.6 is 0 Å². The summed E-state index contributed by atoms with van der Waals surface area (Å²) in [4.78, 5) is 11.9. The molecule has 2 aromatic carbocycles. The average molecular weight is 439 g/mol. The zero-order valence-electron chi connectivity index (χ0n) is 16.2. The van der Waals surface area contributed by atoms with E-state index in [4.69, 9.17) is 5.26 Å². The maximum absolute atomic E-state index is 13.6. The van der Waals surface area contributed by atoms with Crippen molar-refractivity contribution in [2.24, 2.45) is 0 Å². The molecule has 160 valence electrons. The summed E-state index contributed by atoms with van der Waals surface area (Å²) in [7, 11) is -3.34. The molecule has 0 spiro atoms. The van der Waals surface area contributed by atoms with Crippen molar-refractivity contribution < 1.29 is 26.4 Å². The Balaban J connectivity index is 2.24. The lowest BCUT2D eigenvalue weighted by Crippen LogP contribution is -2.47. The van der Waals surface area contributed by atoms with Gasteiger partial charge in [0.1, 0.15) is 12.6 Å². The van der Waals surface area contributed by atoms with Crippen molar-refractivity contribution in [3.8, 4) is 17.2 Å². The third kappa shape index (κ3) is 6.05. The summed E-state index contributed by atoms with van der Waals surface area (Å²) in [6.07, 6.45) is -3.56. The van der Waals surface area contributed by atoms with Crippen molar-refractivity contribution >= 4 is 15.7 Å². The Hall–Kier alpha value is -2.90. The Morgan fingerprint density at radius 2 is 1.57 bits per heavy atom. The molecule has 1 unspecified atom stereocenters. The van der Waals surface area contributed by atoms with Crippen LogP contribution in [-0.2, 0) is 14.6 Å². The van der Waals surface area contributed by atoms with E-state index < -0.39 is 34.0 Å². The van der Waals surface area contributed by atoms with Gasteiger partial charge in [-0.1, -0.05) is 36.4 Å². The molecule has 0 radical (unpaired) electrons. The Morgan fingerprint density at radius 1 is 1.07 bits per heavy atom. The van der Waals surface area contributed by atoms with Gasteiger partial charge in [0, 0.05) is 6.26 Å². The van der Waals surface area contributed by atoms with Gasteiger partial charge in [0.15, 0.2) is 9.84 Å². The second-order valence-corrected chi connectivity index (χ2v) is 8.67. The summed E-state index contributed by atoms with van der Waals surface area (Å²) < 4.78 is 63.7. The van der Waals surface area contributed by atoms with Crippen molar-refractivity contribution in [1.82, 2.24) is 10.6 Å². The number of carbonyl (C=O) groups excluding carboxylic acids is 1. The maximum atomic E-state index is 13.6. The molecule has 0 aliphatic rings. The van der Waals surface area contributed by atoms with Crippen LogP contribution in [0, 0.1) is 11.3 Å². The summed E-state index contributed by atoms with van der Waals surface area (Å²) in [5.74, 6) is -0.714. The first-order valence-electron chi connectivity index (χ1n) is 8.81. The molecule has 0 aliphatic heterocycles. The normalized spacial score (nSPS) is 13.9. The molecule has 6 nitrogen and oxygen atoms in total. The van der Waals surface area contributed by atoms with Crippen molar-refractivity contribution in [2.75, 3.05) is 12.8 Å². The molecular weight excluding hydrogens is 419 g/mol. The molecule has 0 aromatic heterocycles.